The molecule has 0 radical (unpaired) electrons. The number of aromatic nitrogens is 2. The van der Waals surface area contributed by atoms with Crippen LogP contribution in [0.2, 0.25) is 5.02 Å². The summed E-state index contributed by atoms with van der Waals surface area (Å²) in [6.45, 7) is 9.82. The van der Waals surface area contributed by atoms with Crippen molar-refractivity contribution in [1.82, 2.24) is 15.5 Å². The average molecular weight is 402 g/mol. The molecule has 4 nitrogen and oxygen atoms in total. The van der Waals surface area contributed by atoms with Crippen molar-refractivity contribution >= 4 is 22.9 Å². The molecule has 0 amide bonds. The minimum atomic E-state index is 0.0887. The van der Waals surface area contributed by atoms with Gasteiger partial charge in [-0.05, 0) is 49.2 Å². The monoisotopic (exact) mass is 401 g/mol. The summed E-state index contributed by atoms with van der Waals surface area (Å²) in [4.78, 5) is 0. The average Bonchev–Trinajstić information content (AvgIpc) is 3.33. The van der Waals surface area contributed by atoms with Crippen LogP contribution in [0.15, 0.2) is 36.4 Å². The van der Waals surface area contributed by atoms with Gasteiger partial charge in [-0.1, -0.05) is 48.9 Å². The van der Waals surface area contributed by atoms with Crippen LogP contribution in [0.1, 0.15) is 38.8 Å². The van der Waals surface area contributed by atoms with E-state index in [0.717, 1.165) is 34.2 Å². The van der Waals surface area contributed by atoms with Crippen LogP contribution in [0.3, 0.4) is 0 Å². The Kier molecular flexibility index (Phi) is 6.47. The van der Waals surface area contributed by atoms with E-state index >= 15 is 0 Å². The van der Waals surface area contributed by atoms with Gasteiger partial charge in [-0.15, -0.1) is 10.2 Å². The van der Waals surface area contributed by atoms with Gasteiger partial charge in [-0.3, -0.25) is 0 Å². The summed E-state index contributed by atoms with van der Waals surface area (Å²) in [5, 5.41) is 14.4. The number of hydrogen-bond donors (Lipinski definition) is 1. The second kappa shape index (κ2) is 8.83. The molecule has 4 rings (SSSR count). The number of halogens is 1. The fourth-order valence-corrected chi connectivity index (χ4v) is 3.93. The number of ether oxygens (including phenoxy) is 1. The standard InChI is InChI=1S/C19H18ClN3OS.C2H6/c1-11(2)24-17-6-5-13(8-16(17)20)19-23-22-18(25-19)12-3-4-14-9-21-10-15(14)7-12;1-2/h3-8,11,21H,9-10H2,1-2H3;1-2H3. The van der Waals surface area contributed by atoms with Crippen molar-refractivity contribution < 1.29 is 4.74 Å². The summed E-state index contributed by atoms with van der Waals surface area (Å²) in [6.07, 6.45) is 0.0887. The fourth-order valence-electron chi connectivity index (χ4n) is 2.87. The second-order valence-electron chi connectivity index (χ2n) is 6.31. The van der Waals surface area contributed by atoms with Crippen LogP contribution < -0.4 is 10.1 Å². The molecule has 1 N–H and O–H groups in total. The molecule has 0 saturated carbocycles. The molecule has 142 valence electrons. The van der Waals surface area contributed by atoms with E-state index in [9.17, 15) is 0 Å². The lowest BCUT2D eigenvalue weighted by Crippen LogP contribution is -2.05. The Morgan fingerprint density at radius 2 is 1.59 bits per heavy atom. The number of fused-ring (bicyclic) bond motifs is 1. The maximum Gasteiger partial charge on any atom is 0.148 e. The zero-order valence-corrected chi connectivity index (χ0v) is 17.6. The molecule has 0 spiro atoms. The summed E-state index contributed by atoms with van der Waals surface area (Å²) in [6, 6.07) is 12.2. The van der Waals surface area contributed by atoms with Crippen LogP contribution in [-0.2, 0) is 13.1 Å². The minimum Gasteiger partial charge on any atom is -0.489 e. The third-order valence-corrected chi connectivity index (χ3v) is 5.37. The van der Waals surface area contributed by atoms with Gasteiger partial charge in [0.05, 0.1) is 11.1 Å². The fraction of sp³-hybridized carbons (Fsp3) is 0.333. The molecule has 6 heteroatoms. The molecule has 0 fully saturated rings. The van der Waals surface area contributed by atoms with Crippen LogP contribution in [0.4, 0.5) is 0 Å². The van der Waals surface area contributed by atoms with Gasteiger partial charge < -0.3 is 10.1 Å². The first-order valence-corrected chi connectivity index (χ1v) is 10.4. The molecule has 2 aromatic carbocycles. The van der Waals surface area contributed by atoms with E-state index in [1.165, 1.54) is 11.1 Å². The molecule has 0 atom stereocenters. The molecule has 0 saturated heterocycles. The lowest BCUT2D eigenvalue weighted by atomic mass is 10.1. The number of nitrogens with one attached hydrogen (secondary N) is 1. The summed E-state index contributed by atoms with van der Waals surface area (Å²) in [7, 11) is 0. The van der Waals surface area contributed by atoms with Crippen molar-refractivity contribution in [3.8, 4) is 26.9 Å². The number of hydrogen-bond acceptors (Lipinski definition) is 5. The topological polar surface area (TPSA) is 47.0 Å². The van der Waals surface area contributed by atoms with E-state index in [-0.39, 0.29) is 6.10 Å². The Morgan fingerprint density at radius 3 is 2.26 bits per heavy atom. The molecular weight excluding hydrogens is 378 g/mol. The van der Waals surface area contributed by atoms with Crippen molar-refractivity contribution in [2.24, 2.45) is 0 Å². The molecule has 27 heavy (non-hydrogen) atoms. The summed E-state index contributed by atoms with van der Waals surface area (Å²) >= 11 is 7.91. The van der Waals surface area contributed by atoms with Crippen molar-refractivity contribution in [3.63, 3.8) is 0 Å². The third-order valence-electron chi connectivity index (χ3n) is 4.05. The largest absolute Gasteiger partial charge is 0.489 e. The Bertz CT molecular complexity index is 924. The van der Waals surface area contributed by atoms with Crippen molar-refractivity contribution in [1.29, 1.82) is 0 Å². The van der Waals surface area contributed by atoms with Crippen LogP contribution >= 0.6 is 22.9 Å². The maximum absolute atomic E-state index is 6.34. The van der Waals surface area contributed by atoms with Gasteiger partial charge in [0.1, 0.15) is 15.8 Å². The molecule has 1 aliphatic rings. The number of rotatable bonds is 4. The smallest absolute Gasteiger partial charge is 0.148 e. The highest BCUT2D eigenvalue weighted by atomic mass is 35.5. The zero-order chi connectivity index (χ0) is 19.4. The summed E-state index contributed by atoms with van der Waals surface area (Å²) < 4.78 is 5.68. The lowest BCUT2D eigenvalue weighted by molar-refractivity contribution is 0.242. The first kappa shape index (κ1) is 19.8. The van der Waals surface area contributed by atoms with E-state index in [1.807, 2.05) is 45.9 Å². The summed E-state index contributed by atoms with van der Waals surface area (Å²) in [5.74, 6) is 0.691. The van der Waals surface area contributed by atoms with Crippen LogP contribution in [-0.4, -0.2) is 16.3 Å². The van der Waals surface area contributed by atoms with E-state index in [2.05, 4.69) is 33.7 Å². The quantitative estimate of drug-likeness (QED) is 0.587. The van der Waals surface area contributed by atoms with Crippen LogP contribution in [0.5, 0.6) is 5.75 Å². The Hall–Kier alpha value is -1.95. The Balaban J connectivity index is 0.00000102. The van der Waals surface area contributed by atoms with Gasteiger partial charge in [-0.2, -0.15) is 0 Å². The maximum atomic E-state index is 6.34. The van der Waals surface area contributed by atoms with E-state index < -0.39 is 0 Å². The minimum absolute atomic E-state index is 0.0887. The lowest BCUT2D eigenvalue weighted by Gasteiger charge is -2.11. The van der Waals surface area contributed by atoms with Gasteiger partial charge in [-0.25, -0.2) is 0 Å². The molecule has 0 unspecified atom stereocenters. The second-order valence-corrected chi connectivity index (χ2v) is 7.70. The van der Waals surface area contributed by atoms with Crippen LogP contribution in [0.25, 0.3) is 21.1 Å². The molecule has 1 aromatic heterocycles. The van der Waals surface area contributed by atoms with Gasteiger partial charge >= 0.3 is 0 Å². The predicted octanol–water partition coefficient (Wildman–Crippen LogP) is 5.94. The molecule has 3 aromatic rings. The third kappa shape index (κ3) is 4.49. The highest BCUT2D eigenvalue weighted by molar-refractivity contribution is 7.17. The normalized spacial score (nSPS) is 12.5. The van der Waals surface area contributed by atoms with Crippen molar-refractivity contribution in [2.75, 3.05) is 0 Å². The highest BCUT2D eigenvalue weighted by Crippen LogP contribution is 2.35. The zero-order valence-electron chi connectivity index (χ0n) is 16.0. The first-order chi connectivity index (χ1) is 13.1. The van der Waals surface area contributed by atoms with Crippen LogP contribution in [0, 0.1) is 0 Å². The van der Waals surface area contributed by atoms with E-state index in [0.29, 0.717) is 10.8 Å². The van der Waals surface area contributed by atoms with E-state index in [1.54, 1.807) is 11.3 Å². The first-order valence-electron chi connectivity index (χ1n) is 9.23. The Morgan fingerprint density at radius 1 is 0.963 bits per heavy atom. The van der Waals surface area contributed by atoms with Gasteiger partial charge in [0, 0.05) is 24.2 Å². The van der Waals surface area contributed by atoms with E-state index in [4.69, 9.17) is 16.3 Å². The predicted molar refractivity (Wildman–Crippen MR) is 113 cm³/mol. The molecule has 0 bridgehead atoms. The molecular formula is C21H24ClN3OS. The van der Waals surface area contributed by atoms with Gasteiger partial charge in [0.25, 0.3) is 0 Å². The molecule has 1 aliphatic heterocycles. The number of nitrogens with zero attached hydrogens (tertiary/aromatic N) is 2. The van der Waals surface area contributed by atoms with Crippen molar-refractivity contribution in [3.05, 3.63) is 52.5 Å². The highest BCUT2D eigenvalue weighted by Gasteiger charge is 2.15. The van der Waals surface area contributed by atoms with Gasteiger partial charge in [0.2, 0.25) is 0 Å². The summed E-state index contributed by atoms with van der Waals surface area (Å²) in [5.41, 5.74) is 4.76. The number of benzene rings is 2. The van der Waals surface area contributed by atoms with Gasteiger partial charge in [0.15, 0.2) is 0 Å². The van der Waals surface area contributed by atoms with Crippen molar-refractivity contribution in [2.45, 2.75) is 46.9 Å². The SMILES string of the molecule is CC.CC(C)Oc1ccc(-c2nnc(-c3ccc4c(c3)CNC4)s2)cc1Cl. The molecule has 0 aliphatic carbocycles. The Labute approximate surface area is 169 Å². The molecule has 2 heterocycles.